The molecule has 2 N–H and O–H groups in total. The summed E-state index contributed by atoms with van der Waals surface area (Å²) in [7, 11) is 0. The van der Waals surface area contributed by atoms with Gasteiger partial charge in [-0.05, 0) is 48.9 Å². The molecule has 2 aromatic rings. The van der Waals surface area contributed by atoms with E-state index in [0.717, 1.165) is 48.3 Å². The highest BCUT2D eigenvalue weighted by atomic mass is 16.7. The molecule has 0 aromatic heterocycles. The SMILES string of the molecule is O=C(NCc1ccccc1)C1CCC(C(=O)NCc2ccc3c(c2)OCO3)CC1. The minimum Gasteiger partial charge on any atom is -0.454 e. The number of amides is 2. The van der Waals surface area contributed by atoms with Crippen molar-refractivity contribution < 1.29 is 19.1 Å². The topological polar surface area (TPSA) is 76.7 Å². The maximum absolute atomic E-state index is 12.5. The van der Waals surface area contributed by atoms with Gasteiger partial charge in [-0.25, -0.2) is 0 Å². The Balaban J connectivity index is 1.19. The Kier molecular flexibility index (Phi) is 5.98. The van der Waals surface area contributed by atoms with Crippen LogP contribution in [0.4, 0.5) is 0 Å². The molecular weight excluding hydrogens is 368 g/mol. The highest BCUT2D eigenvalue weighted by molar-refractivity contribution is 5.81. The minimum atomic E-state index is -0.0258. The zero-order valence-electron chi connectivity index (χ0n) is 16.4. The minimum absolute atomic E-state index is 0.00313. The smallest absolute Gasteiger partial charge is 0.231 e. The Morgan fingerprint density at radius 2 is 1.34 bits per heavy atom. The van der Waals surface area contributed by atoms with Crippen molar-refractivity contribution in [2.75, 3.05) is 6.79 Å². The van der Waals surface area contributed by atoms with Gasteiger partial charge in [-0.15, -0.1) is 0 Å². The molecule has 0 atom stereocenters. The van der Waals surface area contributed by atoms with Crippen molar-refractivity contribution in [3.63, 3.8) is 0 Å². The van der Waals surface area contributed by atoms with E-state index in [1.165, 1.54) is 0 Å². The Morgan fingerprint density at radius 3 is 2.00 bits per heavy atom. The predicted octanol–water partition coefficient (Wildman–Crippen LogP) is 3.15. The summed E-state index contributed by atoms with van der Waals surface area (Å²) in [4.78, 5) is 24.9. The van der Waals surface area contributed by atoms with Crippen LogP contribution in [0.3, 0.4) is 0 Å². The van der Waals surface area contributed by atoms with Gasteiger partial charge in [0.25, 0.3) is 0 Å². The van der Waals surface area contributed by atoms with E-state index in [0.29, 0.717) is 13.1 Å². The predicted molar refractivity (Wildman–Crippen MR) is 108 cm³/mol. The van der Waals surface area contributed by atoms with Gasteiger partial charge < -0.3 is 20.1 Å². The van der Waals surface area contributed by atoms with Gasteiger partial charge in [0.2, 0.25) is 18.6 Å². The lowest BCUT2D eigenvalue weighted by molar-refractivity contribution is -0.130. The van der Waals surface area contributed by atoms with Gasteiger partial charge in [-0.1, -0.05) is 36.4 Å². The third-order valence-corrected chi connectivity index (χ3v) is 5.68. The highest BCUT2D eigenvalue weighted by Crippen LogP contribution is 2.33. The zero-order valence-corrected chi connectivity index (χ0v) is 16.4. The fourth-order valence-corrected chi connectivity index (χ4v) is 3.93. The number of carbonyl (C=O) groups excluding carboxylic acids is 2. The first-order valence-electron chi connectivity index (χ1n) is 10.2. The molecule has 6 nitrogen and oxygen atoms in total. The van der Waals surface area contributed by atoms with E-state index in [4.69, 9.17) is 9.47 Å². The summed E-state index contributed by atoms with van der Waals surface area (Å²) in [6.07, 6.45) is 3.00. The molecule has 4 rings (SSSR count). The van der Waals surface area contributed by atoms with E-state index < -0.39 is 0 Å². The largest absolute Gasteiger partial charge is 0.454 e. The highest BCUT2D eigenvalue weighted by Gasteiger charge is 2.29. The monoisotopic (exact) mass is 394 g/mol. The zero-order chi connectivity index (χ0) is 20.1. The Labute approximate surface area is 170 Å². The number of nitrogens with one attached hydrogen (secondary N) is 2. The van der Waals surface area contributed by atoms with E-state index in [9.17, 15) is 9.59 Å². The lowest BCUT2D eigenvalue weighted by atomic mass is 9.81. The van der Waals surface area contributed by atoms with Crippen molar-refractivity contribution in [1.82, 2.24) is 10.6 Å². The molecule has 2 amide bonds. The molecule has 1 fully saturated rings. The van der Waals surface area contributed by atoms with Gasteiger partial charge in [0.1, 0.15) is 0 Å². The molecular formula is C23H26N2O4. The van der Waals surface area contributed by atoms with Crippen LogP contribution in [-0.2, 0) is 22.7 Å². The van der Waals surface area contributed by atoms with Crippen LogP contribution in [0.2, 0.25) is 0 Å². The van der Waals surface area contributed by atoms with Gasteiger partial charge in [0.05, 0.1) is 0 Å². The van der Waals surface area contributed by atoms with Crippen LogP contribution in [0.25, 0.3) is 0 Å². The van der Waals surface area contributed by atoms with E-state index in [1.54, 1.807) is 0 Å². The van der Waals surface area contributed by atoms with Crippen molar-refractivity contribution in [3.8, 4) is 11.5 Å². The summed E-state index contributed by atoms with van der Waals surface area (Å²) in [5, 5.41) is 6.03. The van der Waals surface area contributed by atoms with E-state index in [-0.39, 0.29) is 30.4 Å². The third-order valence-electron chi connectivity index (χ3n) is 5.68. The normalized spacial score (nSPS) is 20.1. The van der Waals surface area contributed by atoms with Gasteiger partial charge in [-0.3, -0.25) is 9.59 Å². The van der Waals surface area contributed by atoms with Crippen LogP contribution in [0.5, 0.6) is 11.5 Å². The van der Waals surface area contributed by atoms with E-state index >= 15 is 0 Å². The molecule has 2 aromatic carbocycles. The molecule has 0 unspecified atom stereocenters. The van der Waals surface area contributed by atoms with E-state index in [2.05, 4.69) is 10.6 Å². The van der Waals surface area contributed by atoms with Gasteiger partial charge in [-0.2, -0.15) is 0 Å². The molecule has 2 aliphatic rings. The fraction of sp³-hybridized carbons (Fsp3) is 0.391. The van der Waals surface area contributed by atoms with Crippen molar-refractivity contribution in [3.05, 3.63) is 59.7 Å². The molecule has 29 heavy (non-hydrogen) atoms. The van der Waals surface area contributed by atoms with Crippen LogP contribution in [-0.4, -0.2) is 18.6 Å². The lowest BCUT2D eigenvalue weighted by Crippen LogP contribution is -2.37. The number of fused-ring (bicyclic) bond motifs is 1. The molecule has 1 aliphatic heterocycles. The van der Waals surface area contributed by atoms with Crippen LogP contribution in [0.15, 0.2) is 48.5 Å². The second kappa shape index (κ2) is 8.99. The maximum atomic E-state index is 12.5. The molecule has 1 heterocycles. The summed E-state index contributed by atoms with van der Waals surface area (Å²) in [6, 6.07) is 15.6. The molecule has 152 valence electrons. The van der Waals surface area contributed by atoms with Crippen LogP contribution in [0.1, 0.15) is 36.8 Å². The number of hydrogen-bond acceptors (Lipinski definition) is 4. The number of ether oxygens (including phenoxy) is 2. The molecule has 6 heteroatoms. The van der Waals surface area contributed by atoms with Crippen molar-refractivity contribution >= 4 is 11.8 Å². The maximum Gasteiger partial charge on any atom is 0.231 e. The standard InChI is InChI=1S/C23H26N2O4/c26-22(24-13-16-4-2-1-3-5-16)18-7-9-19(10-8-18)23(27)25-14-17-6-11-20-21(12-17)29-15-28-20/h1-6,11-12,18-19H,7-10,13-15H2,(H,24,26)(H,25,27). The first-order chi connectivity index (χ1) is 14.2. The summed E-state index contributed by atoms with van der Waals surface area (Å²) >= 11 is 0. The first-order valence-corrected chi connectivity index (χ1v) is 10.2. The summed E-state index contributed by atoms with van der Waals surface area (Å²) in [5.74, 6) is 1.58. The van der Waals surface area contributed by atoms with Gasteiger partial charge in [0.15, 0.2) is 11.5 Å². The lowest BCUT2D eigenvalue weighted by Gasteiger charge is -2.27. The molecule has 0 saturated heterocycles. The van der Waals surface area contributed by atoms with Crippen molar-refractivity contribution in [1.29, 1.82) is 0 Å². The van der Waals surface area contributed by atoms with Crippen LogP contribution < -0.4 is 20.1 Å². The van der Waals surface area contributed by atoms with Gasteiger partial charge in [0, 0.05) is 24.9 Å². The molecule has 1 saturated carbocycles. The number of carbonyl (C=O) groups is 2. The second-order valence-electron chi connectivity index (χ2n) is 7.66. The summed E-state index contributed by atoms with van der Waals surface area (Å²) < 4.78 is 10.7. The number of hydrogen-bond donors (Lipinski definition) is 2. The van der Waals surface area contributed by atoms with Crippen molar-refractivity contribution in [2.24, 2.45) is 11.8 Å². The Hall–Kier alpha value is -3.02. The van der Waals surface area contributed by atoms with Crippen LogP contribution >= 0.6 is 0 Å². The quantitative estimate of drug-likeness (QED) is 0.789. The van der Waals surface area contributed by atoms with Crippen LogP contribution in [0, 0.1) is 11.8 Å². The molecule has 1 aliphatic carbocycles. The second-order valence-corrected chi connectivity index (χ2v) is 7.66. The summed E-state index contributed by atoms with van der Waals surface area (Å²) in [5.41, 5.74) is 2.08. The molecule has 0 spiro atoms. The molecule has 0 radical (unpaired) electrons. The summed E-state index contributed by atoms with van der Waals surface area (Å²) in [6.45, 7) is 1.26. The number of benzene rings is 2. The van der Waals surface area contributed by atoms with Crippen molar-refractivity contribution in [2.45, 2.75) is 38.8 Å². The fourth-order valence-electron chi connectivity index (χ4n) is 3.93. The Morgan fingerprint density at radius 1 is 0.759 bits per heavy atom. The molecule has 0 bridgehead atoms. The van der Waals surface area contributed by atoms with Gasteiger partial charge >= 0.3 is 0 Å². The number of rotatable bonds is 6. The average molecular weight is 394 g/mol. The van der Waals surface area contributed by atoms with E-state index in [1.807, 2.05) is 48.5 Å². The Bertz CT molecular complexity index is 860. The first kappa shape index (κ1) is 19.3. The third kappa shape index (κ3) is 4.88. The average Bonchev–Trinajstić information content (AvgIpc) is 3.24.